The molecule has 1 saturated heterocycles. The Morgan fingerprint density at radius 3 is 2.53 bits per heavy atom. The standard InChI is InChI=1S/C43H59N6O8PS/c1-9-10-19-58(53,54)43(18-17-27(4)23-43)48-38(50)35-21-30(24-49(35)39(51)37(42(5,6)7)47-41(52)57-28-13-11-12-14-28)56-36-22-33(34-25-59-40(46-34)44-26(2)3)45-32-20-29(55-8)15-16-31(32)36/h10,15-16,19-20,22,25-26,28,30,35,37H,4,9,11-14,17-18,21,23-24H2,1-3,5-8H3,(H,44,46)(H,47,52)(H,48,50)(H,53,54)/b19-10-/t30?,35-,37+,43-/m0/s1. The van der Waals surface area contributed by atoms with Gasteiger partial charge in [0, 0.05) is 41.8 Å². The molecule has 3 heterocycles. The van der Waals surface area contributed by atoms with Crippen LogP contribution in [0.5, 0.6) is 11.5 Å². The number of rotatable bonds is 14. The van der Waals surface area contributed by atoms with Crippen LogP contribution in [0.3, 0.4) is 0 Å². The third kappa shape index (κ3) is 10.1. The number of anilines is 1. The maximum Gasteiger partial charge on any atom is 0.408 e. The molecule has 2 aliphatic carbocycles. The zero-order valence-corrected chi connectivity index (χ0v) is 36.9. The average molecular weight is 851 g/mol. The minimum atomic E-state index is -4.10. The maximum atomic E-state index is 14.8. The molecular weight excluding hydrogens is 792 g/mol. The Bertz CT molecular complexity index is 2130. The summed E-state index contributed by atoms with van der Waals surface area (Å²) in [6, 6.07) is 5.29. The second-order valence-corrected chi connectivity index (χ2v) is 20.6. The zero-order valence-electron chi connectivity index (χ0n) is 35.2. The van der Waals surface area contributed by atoms with Crippen LogP contribution >= 0.6 is 18.7 Å². The van der Waals surface area contributed by atoms with Gasteiger partial charge < -0.3 is 40.0 Å². The SMILES string of the molecule is C=C1CC[C@](NC(=O)[C@@H]2CC(Oc3cc(-c4csc(NC(C)C)n4)nc4cc(OC)ccc34)CN2C(=O)[C@@H](NC(=O)OC2CCCC2)C(C)(C)C)(P(=O)(O)/C=C\CC)C1. The minimum Gasteiger partial charge on any atom is -0.497 e. The maximum absolute atomic E-state index is 14.8. The lowest BCUT2D eigenvalue weighted by atomic mass is 9.85. The third-order valence-electron chi connectivity index (χ3n) is 11.2. The fraction of sp³-hybridized carbons (Fsp3) is 0.558. The van der Waals surface area contributed by atoms with Gasteiger partial charge in [0.1, 0.15) is 46.8 Å². The van der Waals surface area contributed by atoms with Gasteiger partial charge in [0.25, 0.3) is 0 Å². The van der Waals surface area contributed by atoms with Crippen LogP contribution in [0, 0.1) is 5.41 Å². The lowest BCUT2D eigenvalue weighted by Gasteiger charge is -2.37. The van der Waals surface area contributed by atoms with E-state index in [9.17, 15) is 23.8 Å². The normalized spacial score (nSPS) is 22.8. The van der Waals surface area contributed by atoms with Gasteiger partial charge in [0.15, 0.2) is 5.13 Å². The lowest BCUT2D eigenvalue weighted by molar-refractivity contribution is -0.142. The van der Waals surface area contributed by atoms with Gasteiger partial charge in [-0.2, -0.15) is 0 Å². The first-order valence-corrected chi connectivity index (χ1v) is 23.2. The topological polar surface area (TPSA) is 181 Å². The van der Waals surface area contributed by atoms with Crippen LogP contribution in [0.4, 0.5) is 9.93 Å². The van der Waals surface area contributed by atoms with Crippen molar-refractivity contribution in [2.45, 2.75) is 135 Å². The highest BCUT2D eigenvalue weighted by Crippen LogP contribution is 2.62. The number of fused-ring (bicyclic) bond motifs is 1. The number of aromatic nitrogens is 2. The molecule has 320 valence electrons. The van der Waals surface area contributed by atoms with Gasteiger partial charge in [-0.15, -0.1) is 11.3 Å². The molecule has 2 saturated carbocycles. The Hall–Kier alpha value is -4.46. The number of ether oxygens (including phenoxy) is 3. The Labute approximate surface area is 351 Å². The summed E-state index contributed by atoms with van der Waals surface area (Å²) in [4.78, 5) is 65.4. The fourth-order valence-corrected chi connectivity index (χ4v) is 10.8. The summed E-state index contributed by atoms with van der Waals surface area (Å²) in [7, 11) is -2.51. The third-order valence-corrected chi connectivity index (χ3v) is 14.3. The molecule has 2 aromatic heterocycles. The van der Waals surface area contributed by atoms with Gasteiger partial charge in [0.2, 0.25) is 19.2 Å². The number of hydrogen-bond donors (Lipinski definition) is 4. The van der Waals surface area contributed by atoms with Crippen LogP contribution in [0.1, 0.15) is 99.3 Å². The monoisotopic (exact) mass is 850 g/mol. The molecule has 0 radical (unpaired) electrons. The highest BCUT2D eigenvalue weighted by Gasteiger charge is 2.53. The number of hydrogen-bond acceptors (Lipinski definition) is 11. The molecule has 3 amide bonds. The fourth-order valence-electron chi connectivity index (χ4n) is 8.05. The van der Waals surface area contributed by atoms with Gasteiger partial charge in [-0.3, -0.25) is 14.2 Å². The van der Waals surface area contributed by atoms with E-state index in [2.05, 4.69) is 22.5 Å². The molecule has 3 fully saturated rings. The van der Waals surface area contributed by atoms with Crippen LogP contribution in [-0.4, -0.2) is 86.9 Å². The van der Waals surface area contributed by atoms with E-state index in [4.69, 9.17) is 24.2 Å². The molecule has 1 aromatic carbocycles. The van der Waals surface area contributed by atoms with Gasteiger partial charge >= 0.3 is 6.09 Å². The Morgan fingerprint density at radius 1 is 1.14 bits per heavy atom. The first-order chi connectivity index (χ1) is 27.9. The molecule has 4 N–H and O–H groups in total. The summed E-state index contributed by atoms with van der Waals surface area (Å²) in [5.41, 5.74) is 1.78. The Balaban J connectivity index is 1.36. The molecule has 3 aromatic rings. The second-order valence-electron chi connectivity index (χ2n) is 17.3. The van der Waals surface area contributed by atoms with Crippen molar-refractivity contribution in [3.63, 3.8) is 0 Å². The molecule has 59 heavy (non-hydrogen) atoms. The summed E-state index contributed by atoms with van der Waals surface area (Å²) in [6.45, 7) is 15.5. The van der Waals surface area contributed by atoms with E-state index in [0.717, 1.165) is 36.4 Å². The van der Waals surface area contributed by atoms with E-state index in [-0.39, 0.29) is 38.0 Å². The number of likely N-dealkylation sites (tertiary alicyclic amines) is 1. The number of carbonyl (C=O) groups excluding carboxylic acids is 3. The van der Waals surface area contributed by atoms with Crippen LogP contribution in [0.25, 0.3) is 22.3 Å². The molecular formula is C43H59N6O8PS. The molecule has 5 atom stereocenters. The van der Waals surface area contributed by atoms with Crippen molar-refractivity contribution >= 4 is 52.6 Å². The Morgan fingerprint density at radius 2 is 1.88 bits per heavy atom. The second kappa shape index (κ2) is 18.0. The number of methoxy groups -OCH3 is 1. The van der Waals surface area contributed by atoms with Gasteiger partial charge in [0.05, 0.1) is 24.9 Å². The number of thiazole rings is 1. The highest BCUT2D eigenvalue weighted by molar-refractivity contribution is 7.63. The van der Waals surface area contributed by atoms with Crippen LogP contribution in [0.2, 0.25) is 0 Å². The molecule has 14 nitrogen and oxygen atoms in total. The number of alkyl carbamates (subject to hydrolysis) is 1. The van der Waals surface area contributed by atoms with Crippen LogP contribution in [-0.2, 0) is 18.9 Å². The van der Waals surface area contributed by atoms with Crippen molar-refractivity contribution < 1.29 is 38.1 Å². The average Bonchev–Trinajstić information content (AvgIpc) is 4.01. The van der Waals surface area contributed by atoms with Crippen LogP contribution in [0.15, 0.2) is 53.7 Å². The van der Waals surface area contributed by atoms with E-state index < -0.39 is 54.2 Å². The summed E-state index contributed by atoms with van der Waals surface area (Å²) >= 11 is 1.46. The van der Waals surface area contributed by atoms with Crippen molar-refractivity contribution in [3.8, 4) is 22.9 Å². The van der Waals surface area contributed by atoms with Crippen molar-refractivity contribution in [1.29, 1.82) is 0 Å². The first-order valence-electron chi connectivity index (χ1n) is 20.6. The predicted octanol–water partition coefficient (Wildman–Crippen LogP) is 8.37. The first kappa shape index (κ1) is 44.1. The summed E-state index contributed by atoms with van der Waals surface area (Å²) < 4.78 is 32.0. The number of nitrogens with one attached hydrogen (secondary N) is 3. The zero-order chi connectivity index (χ0) is 42.7. The van der Waals surface area contributed by atoms with E-state index in [1.165, 1.54) is 22.1 Å². The number of carbonyl (C=O) groups is 3. The number of amides is 3. The van der Waals surface area contributed by atoms with Crippen molar-refractivity contribution in [2.24, 2.45) is 5.41 Å². The lowest BCUT2D eigenvalue weighted by Crippen LogP contribution is -2.59. The number of benzene rings is 1. The summed E-state index contributed by atoms with van der Waals surface area (Å²) in [5, 5.41) is 11.0. The van der Waals surface area contributed by atoms with E-state index in [1.807, 2.05) is 71.2 Å². The van der Waals surface area contributed by atoms with Crippen molar-refractivity contribution in [2.75, 3.05) is 19.0 Å². The van der Waals surface area contributed by atoms with E-state index in [1.54, 1.807) is 13.2 Å². The smallest absolute Gasteiger partial charge is 0.408 e. The largest absolute Gasteiger partial charge is 0.497 e. The molecule has 0 spiro atoms. The van der Waals surface area contributed by atoms with Crippen molar-refractivity contribution in [1.82, 2.24) is 25.5 Å². The summed E-state index contributed by atoms with van der Waals surface area (Å²) in [6.07, 6.45) is 4.91. The molecule has 2 unspecified atom stereocenters. The van der Waals surface area contributed by atoms with Crippen LogP contribution < -0.4 is 25.4 Å². The molecule has 3 aliphatic rings. The van der Waals surface area contributed by atoms with Gasteiger partial charge in [-0.25, -0.2) is 14.8 Å². The van der Waals surface area contributed by atoms with Crippen molar-refractivity contribution in [3.05, 3.63) is 53.7 Å². The minimum absolute atomic E-state index is 0.0104. The highest BCUT2D eigenvalue weighted by atomic mass is 32.1. The predicted molar refractivity (Wildman–Crippen MR) is 231 cm³/mol. The number of nitrogens with zero attached hydrogens (tertiary/aromatic N) is 3. The molecule has 16 heteroatoms. The van der Waals surface area contributed by atoms with Gasteiger partial charge in [-0.05, 0) is 82.2 Å². The van der Waals surface area contributed by atoms with E-state index >= 15 is 0 Å². The molecule has 1 aliphatic heterocycles. The van der Waals surface area contributed by atoms with Gasteiger partial charge in [-0.1, -0.05) is 45.9 Å². The Kier molecular flexibility index (Phi) is 13.5. The van der Waals surface area contributed by atoms with E-state index in [0.29, 0.717) is 46.6 Å². The summed E-state index contributed by atoms with van der Waals surface area (Å²) in [5.74, 6) is 1.30. The molecule has 6 rings (SSSR count). The quantitative estimate of drug-likeness (QED) is 0.0904. The number of pyridine rings is 1. The molecule has 0 bridgehead atoms. The number of allylic oxidation sites excluding steroid dienone is 1.